The first-order valence-electron chi connectivity index (χ1n) is 2.97. The third kappa shape index (κ3) is 2.04. The van der Waals surface area contributed by atoms with E-state index in [-0.39, 0.29) is 4.45 Å². The van der Waals surface area contributed by atoms with Crippen LogP contribution < -0.4 is 0 Å². The molecule has 0 aromatic carbocycles. The van der Waals surface area contributed by atoms with Crippen molar-refractivity contribution in [3.8, 4) is 0 Å². The summed E-state index contributed by atoms with van der Waals surface area (Å²) in [5.74, 6) is 0. The van der Waals surface area contributed by atoms with E-state index in [0.29, 0.717) is 0 Å². The van der Waals surface area contributed by atoms with Crippen LogP contribution in [0.25, 0.3) is 0 Å². The summed E-state index contributed by atoms with van der Waals surface area (Å²) in [4.78, 5) is 0. The molecule has 9 heavy (non-hydrogen) atoms. The summed E-state index contributed by atoms with van der Waals surface area (Å²) >= 11 is 0. The molecular formula is C5H10O2S2. The van der Waals surface area contributed by atoms with Crippen molar-refractivity contribution in [3.63, 3.8) is 0 Å². The van der Waals surface area contributed by atoms with E-state index in [1.165, 1.54) is 0 Å². The largest absolute Gasteiger partial charge is 0.332 e. The maximum atomic E-state index is 5.28. The number of rotatable bonds is 4. The van der Waals surface area contributed by atoms with Crippen molar-refractivity contribution in [2.24, 2.45) is 0 Å². The third-order valence-corrected chi connectivity index (χ3v) is 3.09. The average Bonchev–Trinajstić information content (AvgIpc) is 2.51. The molecule has 1 aliphatic rings. The summed E-state index contributed by atoms with van der Waals surface area (Å²) in [6, 6.07) is 0. The van der Waals surface area contributed by atoms with Crippen LogP contribution in [0.1, 0.15) is 13.8 Å². The van der Waals surface area contributed by atoms with Crippen molar-refractivity contribution in [2.45, 2.75) is 18.3 Å². The second-order valence-corrected chi connectivity index (χ2v) is 4.20. The lowest BCUT2D eigenvalue weighted by atomic mass is 10.8. The van der Waals surface area contributed by atoms with Crippen LogP contribution >= 0.6 is 21.6 Å². The molecule has 0 amide bonds. The molecule has 0 saturated carbocycles. The molecule has 0 radical (unpaired) electrons. The first-order chi connectivity index (χ1) is 4.33. The van der Waals surface area contributed by atoms with Crippen LogP contribution in [0.2, 0.25) is 0 Å². The van der Waals surface area contributed by atoms with Crippen molar-refractivity contribution in [3.05, 3.63) is 0 Å². The highest BCUT2D eigenvalue weighted by Gasteiger charge is 2.49. The molecule has 0 atom stereocenters. The molecule has 0 aromatic heterocycles. The van der Waals surface area contributed by atoms with Crippen molar-refractivity contribution < 1.29 is 9.47 Å². The maximum Gasteiger partial charge on any atom is 0.290 e. The molecular weight excluding hydrogens is 156 g/mol. The van der Waals surface area contributed by atoms with Gasteiger partial charge in [-0.25, -0.2) is 0 Å². The molecule has 0 spiro atoms. The predicted molar refractivity (Wildman–Crippen MR) is 41.2 cm³/mol. The van der Waals surface area contributed by atoms with Crippen molar-refractivity contribution >= 4 is 21.6 Å². The SMILES string of the molecule is CCOC1(OCC)SS1. The van der Waals surface area contributed by atoms with Crippen LogP contribution in [0.4, 0.5) is 0 Å². The number of ether oxygens (including phenoxy) is 2. The molecule has 1 saturated heterocycles. The Kier molecular flexibility index (Phi) is 2.70. The van der Waals surface area contributed by atoms with Gasteiger partial charge in [0.15, 0.2) is 0 Å². The summed E-state index contributed by atoms with van der Waals surface area (Å²) in [6.45, 7) is 5.39. The minimum atomic E-state index is -0.316. The van der Waals surface area contributed by atoms with E-state index in [9.17, 15) is 0 Å². The Labute approximate surface area is 63.1 Å². The monoisotopic (exact) mass is 166 g/mol. The molecule has 54 valence electrons. The van der Waals surface area contributed by atoms with Gasteiger partial charge in [-0.1, -0.05) is 0 Å². The summed E-state index contributed by atoms with van der Waals surface area (Å²) in [6.07, 6.45) is 0. The fraction of sp³-hybridized carbons (Fsp3) is 1.00. The lowest BCUT2D eigenvalue weighted by Gasteiger charge is -2.09. The summed E-state index contributed by atoms with van der Waals surface area (Å²) in [5, 5.41) is 0. The smallest absolute Gasteiger partial charge is 0.290 e. The molecule has 1 heterocycles. The van der Waals surface area contributed by atoms with Gasteiger partial charge in [-0.15, -0.1) is 0 Å². The van der Waals surface area contributed by atoms with Crippen LogP contribution in [-0.2, 0) is 9.47 Å². The topological polar surface area (TPSA) is 18.5 Å². The van der Waals surface area contributed by atoms with Crippen LogP contribution in [0, 0.1) is 0 Å². The highest BCUT2D eigenvalue weighted by atomic mass is 33.2. The molecule has 1 aliphatic heterocycles. The second kappa shape index (κ2) is 3.14. The van der Waals surface area contributed by atoms with Crippen molar-refractivity contribution in [2.75, 3.05) is 13.2 Å². The molecule has 0 bridgehead atoms. The highest BCUT2D eigenvalue weighted by molar-refractivity contribution is 8.93. The van der Waals surface area contributed by atoms with E-state index in [4.69, 9.17) is 9.47 Å². The summed E-state index contributed by atoms with van der Waals surface area (Å²) in [5.41, 5.74) is 0. The minimum absolute atomic E-state index is 0.316. The van der Waals surface area contributed by atoms with Crippen molar-refractivity contribution in [1.29, 1.82) is 0 Å². The average molecular weight is 166 g/mol. The Morgan fingerprint density at radius 1 is 1.11 bits per heavy atom. The van der Waals surface area contributed by atoms with E-state index in [1.54, 1.807) is 21.6 Å². The van der Waals surface area contributed by atoms with Gasteiger partial charge in [0, 0.05) is 13.2 Å². The number of hydrogen-bond donors (Lipinski definition) is 0. The molecule has 1 rings (SSSR count). The zero-order valence-electron chi connectivity index (χ0n) is 5.55. The van der Waals surface area contributed by atoms with Crippen LogP contribution in [0.15, 0.2) is 0 Å². The third-order valence-electron chi connectivity index (χ3n) is 0.862. The van der Waals surface area contributed by atoms with Gasteiger partial charge in [0.1, 0.15) is 0 Å². The van der Waals surface area contributed by atoms with Gasteiger partial charge in [0.05, 0.1) is 0 Å². The molecule has 0 N–H and O–H groups in total. The Hall–Kier alpha value is 0.620. The van der Waals surface area contributed by atoms with E-state index in [0.717, 1.165) is 13.2 Å². The van der Waals surface area contributed by atoms with Crippen LogP contribution in [0.3, 0.4) is 0 Å². The predicted octanol–water partition coefficient (Wildman–Crippen LogP) is 2.07. The van der Waals surface area contributed by atoms with Gasteiger partial charge in [-0.3, -0.25) is 0 Å². The Balaban J connectivity index is 2.17. The quantitative estimate of drug-likeness (QED) is 0.361. The molecule has 0 unspecified atom stereocenters. The van der Waals surface area contributed by atoms with Crippen molar-refractivity contribution in [1.82, 2.24) is 0 Å². The molecule has 0 aromatic rings. The van der Waals surface area contributed by atoms with Gasteiger partial charge >= 0.3 is 0 Å². The maximum absolute atomic E-state index is 5.28. The van der Waals surface area contributed by atoms with Gasteiger partial charge in [0.2, 0.25) is 0 Å². The second-order valence-electron chi connectivity index (χ2n) is 1.53. The number of hydrogen-bond acceptors (Lipinski definition) is 4. The van der Waals surface area contributed by atoms with Gasteiger partial charge in [-0.05, 0) is 35.4 Å². The minimum Gasteiger partial charge on any atom is -0.332 e. The molecule has 4 heteroatoms. The Bertz CT molecular complexity index is 85.0. The Morgan fingerprint density at radius 3 is 1.78 bits per heavy atom. The Morgan fingerprint density at radius 2 is 1.56 bits per heavy atom. The van der Waals surface area contributed by atoms with Gasteiger partial charge in [0.25, 0.3) is 4.45 Å². The van der Waals surface area contributed by atoms with Crippen LogP contribution in [0.5, 0.6) is 0 Å². The van der Waals surface area contributed by atoms with Crippen LogP contribution in [-0.4, -0.2) is 17.7 Å². The fourth-order valence-corrected chi connectivity index (χ4v) is 2.04. The van der Waals surface area contributed by atoms with E-state index >= 15 is 0 Å². The van der Waals surface area contributed by atoms with E-state index in [1.807, 2.05) is 13.8 Å². The zero-order chi connectivity index (χ0) is 6.74. The van der Waals surface area contributed by atoms with E-state index < -0.39 is 0 Å². The molecule has 0 aliphatic carbocycles. The molecule has 1 fully saturated rings. The fourth-order valence-electron chi connectivity index (χ4n) is 0.525. The van der Waals surface area contributed by atoms with Gasteiger partial charge < -0.3 is 9.47 Å². The first-order valence-corrected chi connectivity index (χ1v) is 5.12. The van der Waals surface area contributed by atoms with E-state index in [2.05, 4.69) is 0 Å². The standard InChI is InChI=1S/C5H10O2S2/c1-3-6-5(7-4-2)8-9-5/h3-4H2,1-2H3. The molecule has 2 nitrogen and oxygen atoms in total. The first kappa shape index (κ1) is 7.72. The summed E-state index contributed by atoms with van der Waals surface area (Å²) in [7, 11) is 3.27. The zero-order valence-corrected chi connectivity index (χ0v) is 7.18. The lowest BCUT2D eigenvalue weighted by molar-refractivity contribution is -0.0916. The normalized spacial score (nSPS) is 22.0. The van der Waals surface area contributed by atoms with Gasteiger partial charge in [-0.2, -0.15) is 0 Å². The highest BCUT2D eigenvalue weighted by Crippen LogP contribution is 2.65. The summed E-state index contributed by atoms with van der Waals surface area (Å²) < 4.78 is 10.3. The lowest BCUT2D eigenvalue weighted by Crippen LogP contribution is -2.15.